The number of hydrogen-bond donors (Lipinski definition) is 2. The van der Waals surface area contributed by atoms with E-state index in [1.54, 1.807) is 12.1 Å². The molecule has 0 bridgehead atoms. The van der Waals surface area contributed by atoms with Crippen molar-refractivity contribution in [1.29, 1.82) is 0 Å². The third-order valence-corrected chi connectivity index (χ3v) is 17.2. The van der Waals surface area contributed by atoms with Gasteiger partial charge in [0.2, 0.25) is 5.69 Å². The van der Waals surface area contributed by atoms with E-state index in [-0.39, 0.29) is 92.2 Å². The number of imide groups is 1. The fraction of sp³-hybridized carbons (Fsp3) is 0.347. The quantitative estimate of drug-likeness (QED) is 0.0597. The van der Waals surface area contributed by atoms with Crippen LogP contribution >= 0.6 is 0 Å². The SMILES string of the molecule is C[N+]1=C(C=CC2=CC(=CC=C3N(CCCCCC(=O)ON4C(=O)CCC4=O)c4ccc5c(S(=O)(=O)[O-])cc(S(=O)(=O)[O-])cc5c4C3(C)C)CCC2)C(C)(C)c2c1ccc1c(S(=O)(=O)O)cc(S(=O)(=O)O)cc21.[K+]. The van der Waals surface area contributed by atoms with Gasteiger partial charge in [-0.05, 0) is 121 Å². The summed E-state index contributed by atoms with van der Waals surface area (Å²) in [5.74, 6) is -1.92. The van der Waals surface area contributed by atoms with E-state index in [2.05, 4.69) is 0 Å². The molecule has 0 radical (unpaired) electrons. The van der Waals surface area contributed by atoms with E-state index in [0.717, 1.165) is 35.4 Å². The second kappa shape index (κ2) is 20.3. The summed E-state index contributed by atoms with van der Waals surface area (Å²) in [6.45, 7) is 7.83. The Morgan fingerprint density at radius 3 is 1.96 bits per heavy atom. The molecule has 2 N–H and O–H groups in total. The topological polar surface area (TPSA) is 293 Å². The average Bonchev–Trinajstić information content (AvgIpc) is 3.79. The van der Waals surface area contributed by atoms with Gasteiger partial charge in [-0.25, -0.2) is 21.6 Å². The Morgan fingerprint density at radius 2 is 1.33 bits per heavy atom. The van der Waals surface area contributed by atoms with Gasteiger partial charge < -0.3 is 18.8 Å². The predicted molar refractivity (Wildman–Crippen MR) is 261 cm³/mol. The molecule has 1 saturated heterocycles. The van der Waals surface area contributed by atoms with Gasteiger partial charge in [0.25, 0.3) is 32.1 Å². The molecule has 3 heterocycles. The normalized spacial score (nSPS) is 19.1. The minimum Gasteiger partial charge on any atom is -0.744 e. The molecule has 0 saturated carbocycles. The van der Waals surface area contributed by atoms with Crippen molar-refractivity contribution in [3.05, 3.63) is 107 Å². The fourth-order valence-electron chi connectivity index (χ4n) is 10.4. The Hall–Kier alpha value is -4.28. The van der Waals surface area contributed by atoms with Crippen molar-refractivity contribution in [2.24, 2.45) is 0 Å². The zero-order valence-electron chi connectivity index (χ0n) is 40.7. The van der Waals surface area contributed by atoms with Crippen LogP contribution < -0.4 is 56.3 Å². The number of rotatable bonds is 14. The Labute approximate surface area is 465 Å². The first-order valence-corrected chi connectivity index (χ1v) is 28.4. The van der Waals surface area contributed by atoms with Crippen LogP contribution in [0.1, 0.15) is 96.6 Å². The molecule has 4 aromatic rings. The van der Waals surface area contributed by atoms with Gasteiger partial charge in [0.15, 0.2) is 5.71 Å². The van der Waals surface area contributed by atoms with Crippen LogP contribution in [0.2, 0.25) is 0 Å². The van der Waals surface area contributed by atoms with Crippen LogP contribution in [0.4, 0.5) is 11.4 Å². The summed E-state index contributed by atoms with van der Waals surface area (Å²) < 4.78 is 146. The number of unbranched alkanes of at least 4 members (excludes halogenated alkanes) is 2. The molecule has 8 rings (SSSR count). The Balaban J connectivity index is 0.00000780. The van der Waals surface area contributed by atoms with E-state index in [1.807, 2.05) is 74.6 Å². The van der Waals surface area contributed by atoms with Crippen molar-refractivity contribution in [3.8, 4) is 0 Å². The van der Waals surface area contributed by atoms with Crippen molar-refractivity contribution < 1.29 is 127 Å². The molecule has 2 amide bonds. The minimum atomic E-state index is -5.26. The maximum absolute atomic E-state index is 12.5. The molecule has 382 valence electrons. The van der Waals surface area contributed by atoms with Crippen LogP contribution in [0.25, 0.3) is 21.5 Å². The zero-order chi connectivity index (χ0) is 52.7. The van der Waals surface area contributed by atoms with E-state index in [1.165, 1.54) is 18.2 Å². The fourth-order valence-corrected chi connectivity index (χ4v) is 13.1. The minimum absolute atomic E-state index is 0. The molecule has 1 aliphatic carbocycles. The molecular formula is C49H50KN3O16S4. The summed E-state index contributed by atoms with van der Waals surface area (Å²) >= 11 is 0. The smallest absolute Gasteiger partial charge is 0.744 e. The van der Waals surface area contributed by atoms with E-state index < -0.39 is 88.7 Å². The average molecular weight is 1100 g/mol. The first-order valence-electron chi connectivity index (χ1n) is 22.7. The van der Waals surface area contributed by atoms with E-state index in [4.69, 9.17) is 4.84 Å². The molecule has 4 aliphatic rings. The largest absolute Gasteiger partial charge is 1.00 e. The molecule has 0 aromatic heterocycles. The Kier molecular flexibility index (Phi) is 15.7. The second-order valence-electron chi connectivity index (χ2n) is 19.2. The van der Waals surface area contributed by atoms with Gasteiger partial charge in [-0.15, -0.1) is 5.06 Å². The van der Waals surface area contributed by atoms with Gasteiger partial charge in [-0.1, -0.05) is 44.6 Å². The third kappa shape index (κ3) is 11.0. The van der Waals surface area contributed by atoms with Gasteiger partial charge in [0.1, 0.15) is 32.2 Å². The van der Waals surface area contributed by atoms with Gasteiger partial charge in [-0.2, -0.15) is 21.4 Å². The monoisotopic (exact) mass is 1100 g/mol. The van der Waals surface area contributed by atoms with Crippen LogP contribution in [-0.2, 0) is 70.5 Å². The standard InChI is InChI=1S/C49H51N3O16S4.K/c1-48(2)41(50(5)37-17-15-33-35(46(37)48)25-31(69(56,57)58)27-39(33)71(62,63)64)19-13-29-10-9-11-30(24-29)14-20-42-49(3,4)47-36-26-32(70(59,60)61)28-40(72(65,66)67)34(36)16-18-38(47)51(42)23-8-6-7-12-45(55)68-52-43(53)21-22-44(52)54;/h13-20,24-28H,6-12,21-23H2,1-5H3,(H3-,56,57,58,59,60,61,62,63,64,65,66,67);/q;+1/p-1. The summed E-state index contributed by atoms with van der Waals surface area (Å²) in [6, 6.07) is 9.77. The number of carbonyl (C=O) groups excluding carboxylic acids is 3. The molecule has 1 fully saturated rings. The maximum Gasteiger partial charge on any atom is 1.00 e. The third-order valence-electron chi connectivity index (χ3n) is 13.7. The van der Waals surface area contributed by atoms with Crippen LogP contribution in [0.15, 0.2) is 115 Å². The van der Waals surface area contributed by atoms with Gasteiger partial charge in [-0.3, -0.25) is 18.7 Å². The summed E-state index contributed by atoms with van der Waals surface area (Å²) in [6.07, 6.45) is 13.1. The second-order valence-corrected chi connectivity index (χ2v) is 24.8. The van der Waals surface area contributed by atoms with Gasteiger partial charge in [0.05, 0.1) is 20.1 Å². The first kappa shape index (κ1) is 56.4. The van der Waals surface area contributed by atoms with Crippen LogP contribution in [0.3, 0.4) is 0 Å². The molecule has 19 nitrogen and oxygen atoms in total. The van der Waals surface area contributed by atoms with Crippen LogP contribution in [-0.4, -0.2) is 98.6 Å². The van der Waals surface area contributed by atoms with E-state index in [9.17, 15) is 66.3 Å². The molecule has 0 spiro atoms. The summed E-state index contributed by atoms with van der Waals surface area (Å²) in [4.78, 5) is 40.3. The number of fused-ring (bicyclic) bond motifs is 6. The molecule has 0 unspecified atom stereocenters. The van der Waals surface area contributed by atoms with Crippen molar-refractivity contribution in [2.45, 2.75) is 116 Å². The Morgan fingerprint density at radius 1 is 0.712 bits per heavy atom. The number of anilines is 1. The molecule has 3 aliphatic heterocycles. The van der Waals surface area contributed by atoms with Crippen molar-refractivity contribution >= 4 is 96.9 Å². The number of hydroxylamine groups is 2. The molecule has 73 heavy (non-hydrogen) atoms. The van der Waals surface area contributed by atoms with E-state index >= 15 is 0 Å². The van der Waals surface area contributed by atoms with E-state index in [0.29, 0.717) is 78.0 Å². The Bertz CT molecular complexity index is 3690. The van der Waals surface area contributed by atoms with Crippen molar-refractivity contribution in [3.63, 3.8) is 0 Å². The number of allylic oxidation sites excluding steroid dienone is 8. The zero-order valence-corrected chi connectivity index (χ0v) is 47.1. The van der Waals surface area contributed by atoms with Crippen LogP contribution in [0, 0.1) is 0 Å². The first-order chi connectivity index (χ1) is 33.4. The van der Waals surface area contributed by atoms with Crippen molar-refractivity contribution in [2.75, 3.05) is 18.5 Å². The number of nitrogens with zero attached hydrogens (tertiary/aromatic N) is 3. The van der Waals surface area contributed by atoms with Gasteiger partial charge >= 0.3 is 57.4 Å². The molecular weight excluding hydrogens is 1050 g/mol. The molecule has 0 atom stereocenters. The molecule has 24 heteroatoms. The number of amides is 2. The summed E-state index contributed by atoms with van der Waals surface area (Å²) in [5, 5.41) is 0.815. The summed E-state index contributed by atoms with van der Waals surface area (Å²) in [7, 11) is -18.5. The predicted octanol–water partition coefficient (Wildman–Crippen LogP) is 3.75. The number of carbonyl (C=O) groups is 3. The number of hydrogen-bond acceptors (Lipinski definition) is 15. The van der Waals surface area contributed by atoms with Crippen molar-refractivity contribution in [1.82, 2.24) is 5.06 Å². The van der Waals surface area contributed by atoms with Gasteiger partial charge in [0, 0.05) is 65.7 Å². The summed E-state index contributed by atoms with van der Waals surface area (Å²) in [5.41, 5.74) is 3.81. The molecule has 4 aromatic carbocycles. The number of benzene rings is 4. The van der Waals surface area contributed by atoms with Crippen LogP contribution in [0.5, 0.6) is 0 Å². The maximum atomic E-state index is 12.5.